The highest BCUT2D eigenvalue weighted by Gasteiger charge is 2.33. The van der Waals surface area contributed by atoms with Crippen molar-refractivity contribution in [3.05, 3.63) is 59.8 Å². The van der Waals surface area contributed by atoms with E-state index in [1.165, 1.54) is 0 Å². The van der Waals surface area contributed by atoms with E-state index in [1.54, 1.807) is 30.1 Å². The molecule has 1 saturated heterocycles. The molecule has 6 nitrogen and oxygen atoms in total. The van der Waals surface area contributed by atoms with Crippen LogP contribution in [0.1, 0.15) is 47.4 Å². The Bertz CT molecular complexity index is 792. The van der Waals surface area contributed by atoms with Crippen LogP contribution in [0.3, 0.4) is 0 Å². The van der Waals surface area contributed by atoms with Crippen LogP contribution in [0.15, 0.2) is 53.7 Å². The zero-order valence-electron chi connectivity index (χ0n) is 14.3. The number of imide groups is 1. The Morgan fingerprint density at radius 1 is 1.15 bits per heavy atom. The van der Waals surface area contributed by atoms with Gasteiger partial charge in [0.05, 0.1) is 10.6 Å². The number of thioether (sulfide) groups is 1. The van der Waals surface area contributed by atoms with E-state index in [9.17, 15) is 14.4 Å². The number of nitrogens with zero attached hydrogens (tertiary/aromatic N) is 2. The smallest absolute Gasteiger partial charge is 0.325 e. The molecule has 0 spiro atoms. The molecule has 2 aromatic rings. The molecular formula is C19H18N2O4S. The second kappa shape index (κ2) is 8.14. The second-order valence-corrected chi connectivity index (χ2v) is 6.99. The predicted octanol–water partition coefficient (Wildman–Crippen LogP) is 3.55. The molecule has 3 rings (SSSR count). The van der Waals surface area contributed by atoms with Crippen molar-refractivity contribution in [3.8, 4) is 0 Å². The van der Waals surface area contributed by atoms with Crippen molar-refractivity contribution in [3.63, 3.8) is 0 Å². The largest absolute Gasteiger partial charge is 0.363 e. The number of hydrogen-bond acceptors (Lipinski definition) is 6. The maximum absolute atomic E-state index is 12.1. The standard InChI is InChI=1S/C19H18N2O4S/c1-2-15(26-16-5-3-4-12-20-16)13-6-8-14(9-7-13)19(24)25-21-17(22)10-11-18(21)23/h3-9,12,15H,2,10-11H2,1H3. The molecule has 1 aromatic heterocycles. The van der Waals surface area contributed by atoms with E-state index in [0.717, 1.165) is 17.0 Å². The maximum Gasteiger partial charge on any atom is 0.363 e. The van der Waals surface area contributed by atoms with Crippen molar-refractivity contribution in [2.45, 2.75) is 36.5 Å². The van der Waals surface area contributed by atoms with Crippen molar-refractivity contribution in [2.24, 2.45) is 0 Å². The van der Waals surface area contributed by atoms with E-state index < -0.39 is 17.8 Å². The highest BCUT2D eigenvalue weighted by Crippen LogP contribution is 2.36. The first-order valence-corrected chi connectivity index (χ1v) is 9.22. The molecule has 134 valence electrons. The normalized spacial score (nSPS) is 15.2. The fourth-order valence-corrected chi connectivity index (χ4v) is 3.61. The molecule has 0 saturated carbocycles. The van der Waals surface area contributed by atoms with Gasteiger partial charge in [0.25, 0.3) is 11.8 Å². The molecule has 1 fully saturated rings. The molecule has 1 unspecified atom stereocenters. The Morgan fingerprint density at radius 3 is 2.42 bits per heavy atom. The minimum atomic E-state index is -0.717. The highest BCUT2D eigenvalue weighted by atomic mass is 32.2. The third kappa shape index (κ3) is 4.11. The summed E-state index contributed by atoms with van der Waals surface area (Å²) in [7, 11) is 0. The zero-order chi connectivity index (χ0) is 18.5. The van der Waals surface area contributed by atoms with Gasteiger partial charge in [-0.1, -0.05) is 36.9 Å². The van der Waals surface area contributed by atoms with Crippen molar-refractivity contribution in [2.75, 3.05) is 0 Å². The van der Waals surface area contributed by atoms with E-state index in [2.05, 4.69) is 11.9 Å². The average molecular weight is 370 g/mol. The Morgan fingerprint density at radius 2 is 1.85 bits per heavy atom. The zero-order valence-corrected chi connectivity index (χ0v) is 15.1. The van der Waals surface area contributed by atoms with Gasteiger partial charge in [-0.05, 0) is 36.2 Å². The number of aromatic nitrogens is 1. The van der Waals surface area contributed by atoms with Gasteiger partial charge < -0.3 is 4.84 Å². The van der Waals surface area contributed by atoms with Crippen LogP contribution in [0.2, 0.25) is 0 Å². The molecular weight excluding hydrogens is 352 g/mol. The second-order valence-electron chi connectivity index (χ2n) is 5.77. The number of carbonyl (C=O) groups excluding carboxylic acids is 3. The third-order valence-corrected chi connectivity index (χ3v) is 5.34. The predicted molar refractivity (Wildman–Crippen MR) is 96.1 cm³/mol. The lowest BCUT2D eigenvalue weighted by Gasteiger charge is -2.15. The van der Waals surface area contributed by atoms with Crippen LogP contribution >= 0.6 is 11.8 Å². The van der Waals surface area contributed by atoms with E-state index in [0.29, 0.717) is 10.6 Å². The summed E-state index contributed by atoms with van der Waals surface area (Å²) in [6.07, 6.45) is 2.82. The number of carbonyl (C=O) groups is 3. The first-order valence-electron chi connectivity index (χ1n) is 8.34. The molecule has 0 aliphatic carbocycles. The quantitative estimate of drug-likeness (QED) is 0.572. The van der Waals surface area contributed by atoms with Gasteiger partial charge in [0, 0.05) is 24.3 Å². The van der Waals surface area contributed by atoms with Crippen LogP contribution in [-0.2, 0) is 14.4 Å². The minimum absolute atomic E-state index is 0.0774. The van der Waals surface area contributed by atoms with Crippen LogP contribution in [0.5, 0.6) is 0 Å². The molecule has 2 heterocycles. The Labute approximate surface area is 155 Å². The summed E-state index contributed by atoms with van der Waals surface area (Å²) in [5, 5.41) is 1.70. The van der Waals surface area contributed by atoms with Gasteiger partial charge in [-0.25, -0.2) is 9.78 Å². The lowest BCUT2D eigenvalue weighted by atomic mass is 10.1. The van der Waals surface area contributed by atoms with Crippen LogP contribution in [-0.4, -0.2) is 27.8 Å². The number of hydroxylamine groups is 2. The van der Waals surface area contributed by atoms with E-state index in [1.807, 2.05) is 30.3 Å². The van der Waals surface area contributed by atoms with Crippen molar-refractivity contribution in [1.29, 1.82) is 0 Å². The van der Waals surface area contributed by atoms with Crippen LogP contribution in [0.25, 0.3) is 0 Å². The Hall–Kier alpha value is -2.67. The number of hydrogen-bond donors (Lipinski definition) is 0. The van der Waals surface area contributed by atoms with Crippen LogP contribution in [0.4, 0.5) is 0 Å². The number of benzene rings is 1. The Kier molecular flexibility index (Phi) is 5.68. The summed E-state index contributed by atoms with van der Waals surface area (Å²) in [6.45, 7) is 2.09. The van der Waals surface area contributed by atoms with Gasteiger partial charge in [0.1, 0.15) is 0 Å². The molecule has 1 atom stereocenters. The summed E-state index contributed by atoms with van der Waals surface area (Å²) >= 11 is 1.66. The van der Waals surface area contributed by atoms with Gasteiger partial charge in [-0.2, -0.15) is 0 Å². The van der Waals surface area contributed by atoms with Gasteiger partial charge in [-0.3, -0.25) is 9.59 Å². The third-order valence-electron chi connectivity index (χ3n) is 3.97. The Balaban J connectivity index is 1.68. The summed E-state index contributed by atoms with van der Waals surface area (Å²) in [6, 6.07) is 12.8. The molecule has 2 amide bonds. The fraction of sp³-hybridized carbons (Fsp3) is 0.263. The number of rotatable bonds is 6. The molecule has 0 bridgehead atoms. The van der Waals surface area contributed by atoms with Crippen molar-refractivity contribution < 1.29 is 19.2 Å². The number of pyridine rings is 1. The molecule has 7 heteroatoms. The van der Waals surface area contributed by atoms with Gasteiger partial charge in [-0.15, -0.1) is 5.06 Å². The molecule has 1 aromatic carbocycles. The van der Waals surface area contributed by atoms with E-state index >= 15 is 0 Å². The van der Waals surface area contributed by atoms with Crippen LogP contribution in [0, 0.1) is 0 Å². The average Bonchev–Trinajstić information content (AvgIpc) is 2.99. The first kappa shape index (κ1) is 18.1. The lowest BCUT2D eigenvalue weighted by molar-refractivity contribution is -0.172. The maximum atomic E-state index is 12.1. The van der Waals surface area contributed by atoms with Crippen molar-refractivity contribution >= 4 is 29.5 Å². The lowest BCUT2D eigenvalue weighted by Crippen LogP contribution is -2.32. The summed E-state index contributed by atoms with van der Waals surface area (Å²) in [4.78, 5) is 44.5. The van der Waals surface area contributed by atoms with Crippen molar-refractivity contribution in [1.82, 2.24) is 10.0 Å². The van der Waals surface area contributed by atoms with E-state index in [-0.39, 0.29) is 18.1 Å². The van der Waals surface area contributed by atoms with E-state index in [4.69, 9.17) is 4.84 Å². The minimum Gasteiger partial charge on any atom is -0.325 e. The molecule has 1 aliphatic rings. The number of amides is 2. The SMILES string of the molecule is CCC(Sc1ccccn1)c1ccc(C(=O)ON2C(=O)CCC2=O)cc1. The summed E-state index contributed by atoms with van der Waals surface area (Å²) < 4.78 is 0. The highest BCUT2D eigenvalue weighted by molar-refractivity contribution is 7.99. The van der Waals surface area contributed by atoms with Gasteiger partial charge in [0.15, 0.2) is 0 Å². The fourth-order valence-electron chi connectivity index (χ4n) is 2.58. The van der Waals surface area contributed by atoms with Crippen LogP contribution < -0.4 is 0 Å². The van der Waals surface area contributed by atoms with Gasteiger partial charge >= 0.3 is 5.97 Å². The topological polar surface area (TPSA) is 76.6 Å². The first-order chi connectivity index (χ1) is 12.6. The monoisotopic (exact) mass is 370 g/mol. The molecule has 1 aliphatic heterocycles. The molecule has 26 heavy (non-hydrogen) atoms. The van der Waals surface area contributed by atoms with Gasteiger partial charge in [0.2, 0.25) is 0 Å². The molecule has 0 N–H and O–H groups in total. The summed E-state index contributed by atoms with van der Waals surface area (Å²) in [5.41, 5.74) is 1.35. The molecule has 0 radical (unpaired) electrons. The summed E-state index contributed by atoms with van der Waals surface area (Å²) in [5.74, 6) is -1.69.